The Kier molecular flexibility index (Phi) is 3.04. The molecule has 0 radical (unpaired) electrons. The highest BCUT2D eigenvalue weighted by Crippen LogP contribution is 2.48. The van der Waals surface area contributed by atoms with E-state index in [0.717, 1.165) is 0 Å². The fourth-order valence-electron chi connectivity index (χ4n) is 4.23. The normalized spacial score (nSPS) is 20.9. The van der Waals surface area contributed by atoms with Gasteiger partial charge in [0.2, 0.25) is 12.5 Å². The van der Waals surface area contributed by atoms with E-state index in [9.17, 15) is 9.59 Å². The second-order valence-corrected chi connectivity index (χ2v) is 7.06. The number of anilines is 3. The molecular formula is C22H15N3O4. The Morgan fingerprint density at radius 2 is 1.62 bits per heavy atom. The number of carbonyl (C=O) groups excluding carboxylic acids is 2. The summed E-state index contributed by atoms with van der Waals surface area (Å²) in [6.07, 6.45) is 0. The van der Waals surface area contributed by atoms with Gasteiger partial charge in [-0.2, -0.15) is 0 Å². The first-order chi connectivity index (χ1) is 14.2. The third-order valence-corrected chi connectivity index (χ3v) is 5.52. The van der Waals surface area contributed by atoms with Crippen LogP contribution in [0.2, 0.25) is 0 Å². The van der Waals surface area contributed by atoms with Gasteiger partial charge >= 0.3 is 0 Å². The minimum absolute atomic E-state index is 0.127. The molecule has 3 aliphatic heterocycles. The van der Waals surface area contributed by atoms with Gasteiger partial charge in [0.05, 0.1) is 11.3 Å². The zero-order valence-electron chi connectivity index (χ0n) is 15.1. The Bertz CT molecular complexity index is 1210. The molecule has 2 N–H and O–H groups in total. The van der Waals surface area contributed by atoms with E-state index in [4.69, 9.17) is 9.47 Å². The van der Waals surface area contributed by atoms with Crippen molar-refractivity contribution in [2.45, 2.75) is 5.66 Å². The standard InChI is InChI=1S/C22H15N3O4/c26-20-14-5-1-3-7-16(14)24-22(15-6-2-4-8-17(15)23-21(22)27)25(20)13-9-10-18-19(11-13)29-12-28-18/h1-11,24H,12H2,(H,23,27). The molecule has 3 heterocycles. The molecule has 7 nitrogen and oxygen atoms in total. The molecule has 0 saturated carbocycles. The van der Waals surface area contributed by atoms with Crippen LogP contribution in [0.25, 0.3) is 0 Å². The number of amides is 2. The largest absolute Gasteiger partial charge is 0.454 e. The first-order valence-electron chi connectivity index (χ1n) is 9.21. The minimum Gasteiger partial charge on any atom is -0.454 e. The monoisotopic (exact) mass is 385 g/mol. The SMILES string of the molecule is O=C1c2ccccc2NC2(C(=O)Nc3ccccc32)N1c1ccc2c(c1)OCO2. The molecule has 1 unspecified atom stereocenters. The Morgan fingerprint density at radius 1 is 0.862 bits per heavy atom. The number of hydrogen-bond donors (Lipinski definition) is 2. The highest BCUT2D eigenvalue weighted by molar-refractivity contribution is 6.22. The number of hydrogen-bond acceptors (Lipinski definition) is 5. The molecular weight excluding hydrogens is 370 g/mol. The van der Waals surface area contributed by atoms with Crippen LogP contribution in [-0.2, 0) is 10.5 Å². The molecule has 3 aromatic rings. The summed E-state index contributed by atoms with van der Waals surface area (Å²) in [6, 6.07) is 19.8. The number of para-hydroxylation sites is 2. The van der Waals surface area contributed by atoms with E-state index in [1.54, 1.807) is 36.4 Å². The number of nitrogens with one attached hydrogen (secondary N) is 2. The van der Waals surface area contributed by atoms with Crippen LogP contribution in [0.15, 0.2) is 66.7 Å². The molecule has 0 fully saturated rings. The molecule has 142 valence electrons. The molecule has 3 aliphatic rings. The summed E-state index contributed by atoms with van der Waals surface area (Å²) in [5, 5.41) is 6.26. The van der Waals surface area contributed by atoms with Crippen LogP contribution in [0.1, 0.15) is 15.9 Å². The minimum atomic E-state index is -1.41. The lowest BCUT2D eigenvalue weighted by Gasteiger charge is -2.44. The lowest BCUT2D eigenvalue weighted by Crippen LogP contribution is -2.61. The van der Waals surface area contributed by atoms with Gasteiger partial charge in [0, 0.05) is 23.0 Å². The Morgan fingerprint density at radius 3 is 2.52 bits per heavy atom. The second-order valence-electron chi connectivity index (χ2n) is 7.06. The second kappa shape index (κ2) is 5.51. The van der Waals surface area contributed by atoms with Crippen molar-refractivity contribution in [3.8, 4) is 11.5 Å². The van der Waals surface area contributed by atoms with Crippen molar-refractivity contribution in [1.82, 2.24) is 0 Å². The maximum Gasteiger partial charge on any atom is 0.276 e. The quantitative estimate of drug-likeness (QED) is 0.672. The van der Waals surface area contributed by atoms with Gasteiger partial charge < -0.3 is 20.1 Å². The van der Waals surface area contributed by atoms with Gasteiger partial charge in [0.15, 0.2) is 11.5 Å². The summed E-state index contributed by atoms with van der Waals surface area (Å²) in [4.78, 5) is 28.5. The van der Waals surface area contributed by atoms with E-state index in [1.165, 1.54) is 4.90 Å². The van der Waals surface area contributed by atoms with E-state index in [-0.39, 0.29) is 18.6 Å². The third kappa shape index (κ3) is 2.01. The average molecular weight is 385 g/mol. The predicted octanol–water partition coefficient (Wildman–Crippen LogP) is 3.29. The summed E-state index contributed by atoms with van der Waals surface area (Å²) >= 11 is 0. The molecule has 29 heavy (non-hydrogen) atoms. The van der Waals surface area contributed by atoms with Gasteiger partial charge in [-0.25, -0.2) is 0 Å². The highest BCUT2D eigenvalue weighted by Gasteiger charge is 2.57. The number of fused-ring (bicyclic) bond motifs is 4. The maximum absolute atomic E-state index is 13.7. The van der Waals surface area contributed by atoms with Crippen molar-refractivity contribution in [3.63, 3.8) is 0 Å². The predicted molar refractivity (Wildman–Crippen MR) is 106 cm³/mol. The number of nitrogens with zero attached hydrogens (tertiary/aromatic N) is 1. The molecule has 7 heteroatoms. The van der Waals surface area contributed by atoms with Gasteiger partial charge in [-0.1, -0.05) is 30.3 Å². The van der Waals surface area contributed by atoms with Crippen LogP contribution >= 0.6 is 0 Å². The summed E-state index contributed by atoms with van der Waals surface area (Å²) in [5.74, 6) is 0.553. The molecule has 0 saturated heterocycles. The summed E-state index contributed by atoms with van der Waals surface area (Å²) in [5.41, 5.74) is 1.59. The molecule has 3 aromatic carbocycles. The van der Waals surface area contributed by atoms with Crippen LogP contribution in [0.3, 0.4) is 0 Å². The van der Waals surface area contributed by atoms with Crippen molar-refractivity contribution in [2.75, 3.05) is 22.3 Å². The van der Waals surface area contributed by atoms with Crippen LogP contribution in [0, 0.1) is 0 Å². The van der Waals surface area contributed by atoms with Crippen LogP contribution in [0.5, 0.6) is 11.5 Å². The van der Waals surface area contributed by atoms with E-state index in [0.29, 0.717) is 39.7 Å². The zero-order chi connectivity index (χ0) is 19.6. The van der Waals surface area contributed by atoms with Crippen LogP contribution in [-0.4, -0.2) is 18.6 Å². The molecule has 1 spiro atoms. The van der Waals surface area contributed by atoms with E-state index in [1.807, 2.05) is 30.3 Å². The van der Waals surface area contributed by atoms with Crippen molar-refractivity contribution >= 4 is 28.9 Å². The molecule has 0 bridgehead atoms. The topological polar surface area (TPSA) is 79.9 Å². The molecule has 1 atom stereocenters. The Balaban J connectivity index is 1.63. The van der Waals surface area contributed by atoms with E-state index < -0.39 is 5.66 Å². The van der Waals surface area contributed by atoms with Crippen LogP contribution < -0.4 is 25.0 Å². The van der Waals surface area contributed by atoms with Gasteiger partial charge in [0.1, 0.15) is 0 Å². The van der Waals surface area contributed by atoms with Crippen molar-refractivity contribution in [1.29, 1.82) is 0 Å². The van der Waals surface area contributed by atoms with E-state index >= 15 is 0 Å². The molecule has 0 aliphatic carbocycles. The maximum atomic E-state index is 13.7. The number of benzene rings is 3. The third-order valence-electron chi connectivity index (χ3n) is 5.52. The highest BCUT2D eigenvalue weighted by atomic mass is 16.7. The first kappa shape index (κ1) is 16.0. The number of ether oxygens (including phenoxy) is 2. The lowest BCUT2D eigenvalue weighted by molar-refractivity contribution is -0.119. The average Bonchev–Trinajstić information content (AvgIpc) is 3.31. The Hall–Kier alpha value is -4.00. The van der Waals surface area contributed by atoms with Gasteiger partial charge in [-0.3, -0.25) is 14.5 Å². The summed E-state index contributed by atoms with van der Waals surface area (Å²) in [6.45, 7) is 0.127. The fourth-order valence-corrected chi connectivity index (χ4v) is 4.23. The van der Waals surface area contributed by atoms with Crippen molar-refractivity contribution in [3.05, 3.63) is 77.9 Å². The van der Waals surface area contributed by atoms with Crippen LogP contribution in [0.4, 0.5) is 17.1 Å². The summed E-state index contributed by atoms with van der Waals surface area (Å²) in [7, 11) is 0. The molecule has 2 amide bonds. The van der Waals surface area contributed by atoms with Gasteiger partial charge in [0.25, 0.3) is 11.8 Å². The molecule has 0 aromatic heterocycles. The first-order valence-corrected chi connectivity index (χ1v) is 9.21. The van der Waals surface area contributed by atoms with E-state index in [2.05, 4.69) is 10.6 Å². The van der Waals surface area contributed by atoms with Gasteiger partial charge in [-0.15, -0.1) is 0 Å². The zero-order valence-corrected chi connectivity index (χ0v) is 15.1. The fraction of sp³-hybridized carbons (Fsp3) is 0.0909. The smallest absolute Gasteiger partial charge is 0.276 e. The lowest BCUT2D eigenvalue weighted by atomic mass is 9.92. The van der Waals surface area contributed by atoms with Crippen molar-refractivity contribution < 1.29 is 19.1 Å². The van der Waals surface area contributed by atoms with Crippen molar-refractivity contribution in [2.24, 2.45) is 0 Å². The number of carbonyl (C=O) groups is 2. The Labute approximate surface area is 165 Å². The summed E-state index contributed by atoms with van der Waals surface area (Å²) < 4.78 is 10.9. The molecule has 6 rings (SSSR count). The number of rotatable bonds is 1. The van der Waals surface area contributed by atoms with Gasteiger partial charge in [-0.05, 0) is 30.3 Å².